The van der Waals surface area contributed by atoms with Gasteiger partial charge in [-0.3, -0.25) is 24.0 Å². The van der Waals surface area contributed by atoms with Gasteiger partial charge in [0, 0.05) is 25.4 Å². The summed E-state index contributed by atoms with van der Waals surface area (Å²) < 4.78 is 79.2. The van der Waals surface area contributed by atoms with Gasteiger partial charge in [-0.1, -0.05) is 24.3 Å². The van der Waals surface area contributed by atoms with Crippen molar-refractivity contribution in [1.82, 2.24) is 25.2 Å². The molecule has 6 rings (SSSR count). The van der Waals surface area contributed by atoms with Gasteiger partial charge in [0.05, 0.1) is 24.8 Å². The molecule has 18 heteroatoms. The zero-order chi connectivity index (χ0) is 36.7. The second-order valence-electron chi connectivity index (χ2n) is 13.8. The molecule has 0 unspecified atom stereocenters. The van der Waals surface area contributed by atoms with Gasteiger partial charge in [-0.05, 0) is 61.6 Å². The van der Waals surface area contributed by atoms with Crippen LogP contribution in [-0.2, 0) is 53.4 Å². The predicted molar refractivity (Wildman–Crippen MR) is 172 cm³/mol. The van der Waals surface area contributed by atoms with Crippen LogP contribution in [0.2, 0.25) is 0 Å². The maximum Gasteiger partial charge on any atom is 0.410 e. The molecule has 5 amide bonds. The lowest BCUT2D eigenvalue weighted by Gasteiger charge is -2.30. The van der Waals surface area contributed by atoms with Crippen molar-refractivity contribution in [2.45, 2.75) is 106 Å². The SMILES string of the molecule is C=C[C@@H]1C[C@]1(NC(=O)[C@@H]1C[C@@H]2CN1C(=O)[C@H](CC(F)(F)F)NC(=O)OCCCCCc1cccc3c1CN(C3)C(=O)O2)C(=O)NS(=O)(=O)C1CC1. The van der Waals surface area contributed by atoms with E-state index >= 15 is 0 Å². The van der Waals surface area contributed by atoms with Gasteiger partial charge in [-0.15, -0.1) is 6.58 Å². The van der Waals surface area contributed by atoms with Crippen molar-refractivity contribution >= 4 is 39.9 Å². The topological polar surface area (TPSA) is 181 Å². The highest BCUT2D eigenvalue weighted by molar-refractivity contribution is 7.91. The fraction of sp³-hybridized carbons (Fsp3) is 0.606. The van der Waals surface area contributed by atoms with E-state index < -0.39 is 94.0 Å². The van der Waals surface area contributed by atoms with Crippen LogP contribution < -0.4 is 15.4 Å². The first-order valence-corrected chi connectivity index (χ1v) is 18.5. The molecule has 3 aliphatic heterocycles. The minimum absolute atomic E-state index is 0.0189. The molecule has 2 aliphatic carbocycles. The third-order valence-electron chi connectivity index (χ3n) is 10.1. The number of rotatable bonds is 7. The Balaban J connectivity index is 1.27. The van der Waals surface area contributed by atoms with Gasteiger partial charge < -0.3 is 25.0 Å². The number of amides is 5. The number of carbonyl (C=O) groups is 5. The summed E-state index contributed by atoms with van der Waals surface area (Å²) in [4.78, 5) is 69.3. The number of aryl methyl sites for hydroxylation is 1. The lowest BCUT2D eigenvalue weighted by atomic mass is 9.99. The van der Waals surface area contributed by atoms with Crippen LogP contribution in [0.25, 0.3) is 0 Å². The van der Waals surface area contributed by atoms with Crippen LogP contribution >= 0.6 is 0 Å². The smallest absolute Gasteiger partial charge is 0.410 e. The summed E-state index contributed by atoms with van der Waals surface area (Å²) in [5.41, 5.74) is 1.21. The van der Waals surface area contributed by atoms with Gasteiger partial charge in [0.15, 0.2) is 0 Å². The quantitative estimate of drug-likeness (QED) is 0.355. The standard InChI is InChI=1S/C33H40F3N5O9S/c1-2-21-14-32(21,29(44)39-51(47,48)23-10-11-23)38-27(42)26-13-22-17-41(26)28(43)25(15-33(34,35)36)37-30(45)49-12-5-3-4-7-19-8-6-9-20-16-40(18-24(19)20)31(46)50-22/h2,6,8-9,21-23,25-26H,1,3-5,7,10-18H2,(H,37,45)(H,38,42)(H,39,44)/t21-,22-,25+,26+,32-/m1/s1. The van der Waals surface area contributed by atoms with Crippen molar-refractivity contribution in [2.75, 3.05) is 13.2 Å². The van der Waals surface area contributed by atoms with E-state index in [4.69, 9.17) is 9.47 Å². The Hall–Kier alpha value is -4.35. The highest BCUT2D eigenvalue weighted by Crippen LogP contribution is 2.45. The molecular weight excluding hydrogens is 699 g/mol. The number of hydrogen-bond donors (Lipinski definition) is 3. The van der Waals surface area contributed by atoms with Crippen molar-refractivity contribution in [3.8, 4) is 0 Å². The van der Waals surface area contributed by atoms with Crippen LogP contribution in [0, 0.1) is 5.92 Å². The molecule has 0 aromatic heterocycles. The van der Waals surface area contributed by atoms with Gasteiger partial charge in [0.1, 0.15) is 23.7 Å². The first kappa shape index (κ1) is 36.4. The minimum Gasteiger partial charge on any atom is -0.450 e. The normalized spacial score (nSPS) is 28.7. The van der Waals surface area contributed by atoms with Crippen LogP contribution in [0.3, 0.4) is 0 Å². The molecule has 2 saturated carbocycles. The molecule has 14 nitrogen and oxygen atoms in total. The van der Waals surface area contributed by atoms with E-state index in [9.17, 15) is 45.6 Å². The molecule has 1 saturated heterocycles. The van der Waals surface area contributed by atoms with E-state index in [1.165, 1.54) is 11.0 Å². The number of alkyl carbamates (subject to hydrolysis) is 1. The summed E-state index contributed by atoms with van der Waals surface area (Å²) in [6.07, 6.45) is -5.66. The number of cyclic esters (lactones) is 1. The van der Waals surface area contributed by atoms with E-state index in [1.54, 1.807) is 0 Å². The molecule has 3 N–H and O–H groups in total. The zero-order valence-corrected chi connectivity index (χ0v) is 28.5. The number of ether oxygens (including phenoxy) is 2. The van der Waals surface area contributed by atoms with Crippen molar-refractivity contribution in [1.29, 1.82) is 0 Å². The first-order valence-electron chi connectivity index (χ1n) is 17.0. The second kappa shape index (κ2) is 14.0. The fourth-order valence-corrected chi connectivity index (χ4v) is 8.40. The number of carbonyl (C=O) groups excluding carboxylic acids is 5. The van der Waals surface area contributed by atoms with Crippen molar-refractivity contribution in [2.24, 2.45) is 5.92 Å². The molecule has 51 heavy (non-hydrogen) atoms. The molecule has 4 bridgehead atoms. The Morgan fingerprint density at radius 1 is 1.10 bits per heavy atom. The van der Waals surface area contributed by atoms with Crippen LogP contribution in [0.5, 0.6) is 0 Å². The summed E-state index contributed by atoms with van der Waals surface area (Å²) in [5, 5.41) is 3.78. The zero-order valence-electron chi connectivity index (χ0n) is 27.7. The number of sulfonamides is 1. The maximum atomic E-state index is 13.9. The van der Waals surface area contributed by atoms with Gasteiger partial charge in [0.2, 0.25) is 21.8 Å². The van der Waals surface area contributed by atoms with E-state index in [-0.39, 0.29) is 32.5 Å². The average molecular weight is 740 g/mol. The number of nitrogens with one attached hydrogen (secondary N) is 3. The molecule has 1 aromatic rings. The Kier molecular flexibility index (Phi) is 10.00. The minimum atomic E-state index is -4.92. The number of alkyl halides is 3. The molecule has 0 radical (unpaired) electrons. The Morgan fingerprint density at radius 2 is 1.84 bits per heavy atom. The average Bonchev–Trinajstić information content (AvgIpc) is 3.95. The fourth-order valence-electron chi connectivity index (χ4n) is 7.04. The molecule has 5 atom stereocenters. The molecule has 3 heterocycles. The molecule has 5 aliphatic rings. The molecule has 0 spiro atoms. The van der Waals surface area contributed by atoms with E-state index in [0.717, 1.165) is 28.0 Å². The lowest BCUT2D eigenvalue weighted by Crippen LogP contribution is -2.58. The van der Waals surface area contributed by atoms with E-state index in [2.05, 4.69) is 11.9 Å². The predicted octanol–water partition coefficient (Wildman–Crippen LogP) is 2.55. The number of hydrogen-bond acceptors (Lipinski definition) is 9. The Morgan fingerprint density at radius 3 is 2.53 bits per heavy atom. The van der Waals surface area contributed by atoms with E-state index in [1.807, 2.05) is 28.2 Å². The third kappa shape index (κ3) is 8.10. The van der Waals surface area contributed by atoms with Crippen molar-refractivity contribution in [3.05, 3.63) is 47.5 Å². The molecule has 3 fully saturated rings. The van der Waals surface area contributed by atoms with Gasteiger partial charge in [-0.2, -0.15) is 13.2 Å². The van der Waals surface area contributed by atoms with Crippen molar-refractivity contribution in [3.63, 3.8) is 0 Å². The van der Waals surface area contributed by atoms with Gasteiger partial charge >= 0.3 is 18.4 Å². The summed E-state index contributed by atoms with van der Waals surface area (Å²) >= 11 is 0. The number of benzene rings is 1. The Bertz CT molecular complexity index is 1720. The van der Waals surface area contributed by atoms with E-state index in [0.29, 0.717) is 32.1 Å². The summed E-state index contributed by atoms with van der Waals surface area (Å²) in [5.74, 6) is -3.96. The summed E-state index contributed by atoms with van der Waals surface area (Å²) in [7, 11) is -4.01. The lowest BCUT2D eigenvalue weighted by molar-refractivity contribution is -0.155. The maximum absolute atomic E-state index is 13.9. The second-order valence-corrected chi connectivity index (χ2v) is 15.8. The van der Waals surface area contributed by atoms with Gasteiger partial charge in [0.25, 0.3) is 5.91 Å². The summed E-state index contributed by atoms with van der Waals surface area (Å²) in [6, 6.07) is 2.01. The van der Waals surface area contributed by atoms with Crippen LogP contribution in [0.1, 0.15) is 68.1 Å². The summed E-state index contributed by atoms with van der Waals surface area (Å²) in [6.45, 7) is 3.54. The van der Waals surface area contributed by atoms with Crippen LogP contribution in [0.15, 0.2) is 30.9 Å². The third-order valence-corrected chi connectivity index (χ3v) is 11.9. The number of nitrogens with zero attached hydrogens (tertiary/aromatic N) is 2. The monoisotopic (exact) mass is 739 g/mol. The molecule has 278 valence electrons. The van der Waals surface area contributed by atoms with Gasteiger partial charge in [-0.25, -0.2) is 18.0 Å². The highest BCUT2D eigenvalue weighted by Gasteiger charge is 2.62. The largest absolute Gasteiger partial charge is 0.450 e. The van der Waals surface area contributed by atoms with Crippen molar-refractivity contribution < 1.29 is 55.0 Å². The van der Waals surface area contributed by atoms with Crippen LogP contribution in [-0.4, -0.2) is 96.4 Å². The Labute approximate surface area is 292 Å². The highest BCUT2D eigenvalue weighted by atomic mass is 32.2. The molecule has 1 aromatic carbocycles. The number of halogens is 3. The molecular formula is C33H40F3N5O9S. The first-order chi connectivity index (χ1) is 24.1. The van der Waals surface area contributed by atoms with Crippen LogP contribution in [0.4, 0.5) is 22.8 Å². The number of fused-ring (bicyclic) bond motifs is 3.